The lowest BCUT2D eigenvalue weighted by Gasteiger charge is -2.15. The number of amides is 2. The van der Waals surface area contributed by atoms with E-state index in [1.807, 2.05) is 0 Å². The Morgan fingerprint density at radius 1 is 1.10 bits per heavy atom. The molecule has 0 bridgehead atoms. The molecule has 0 radical (unpaired) electrons. The van der Waals surface area contributed by atoms with Gasteiger partial charge < -0.3 is 19.7 Å². The van der Waals surface area contributed by atoms with Crippen LogP contribution >= 0.6 is 0 Å². The van der Waals surface area contributed by atoms with E-state index in [-0.39, 0.29) is 18.4 Å². The van der Waals surface area contributed by atoms with Gasteiger partial charge in [-0.1, -0.05) is 0 Å². The molecule has 1 fully saturated rings. The number of hydrogen-bond acceptors (Lipinski definition) is 4. The van der Waals surface area contributed by atoms with Crippen molar-refractivity contribution < 1.29 is 19.1 Å². The van der Waals surface area contributed by atoms with Crippen molar-refractivity contribution in [2.45, 2.75) is 12.8 Å². The molecule has 1 heterocycles. The average molecular weight is 292 g/mol. The zero-order valence-electron chi connectivity index (χ0n) is 12.3. The Balaban J connectivity index is 1.97. The summed E-state index contributed by atoms with van der Waals surface area (Å²) in [5, 5.41) is 2.64. The zero-order chi connectivity index (χ0) is 15.2. The minimum atomic E-state index is -0.320. The number of rotatable bonds is 5. The van der Waals surface area contributed by atoms with Gasteiger partial charge >= 0.3 is 0 Å². The molecule has 1 aromatic rings. The molecule has 1 saturated heterocycles. The maximum Gasteiger partial charge on any atom is 0.251 e. The van der Waals surface area contributed by atoms with Crippen LogP contribution < -0.4 is 14.8 Å². The van der Waals surface area contributed by atoms with Crippen LogP contribution in [0.5, 0.6) is 11.5 Å². The maximum absolute atomic E-state index is 12.1. The van der Waals surface area contributed by atoms with Gasteiger partial charge in [-0.15, -0.1) is 0 Å². The summed E-state index contributed by atoms with van der Waals surface area (Å²) in [6, 6.07) is 4.91. The van der Waals surface area contributed by atoms with Gasteiger partial charge in [0, 0.05) is 24.7 Å². The van der Waals surface area contributed by atoms with E-state index in [1.54, 1.807) is 23.1 Å². The van der Waals surface area contributed by atoms with E-state index in [9.17, 15) is 9.59 Å². The van der Waals surface area contributed by atoms with Crippen LogP contribution in [-0.4, -0.2) is 50.6 Å². The summed E-state index contributed by atoms with van der Waals surface area (Å²) in [6.07, 6.45) is 2.07. The quantitative estimate of drug-likeness (QED) is 0.881. The molecule has 0 unspecified atom stereocenters. The topological polar surface area (TPSA) is 67.9 Å². The second-order valence-electron chi connectivity index (χ2n) is 4.87. The Kier molecular flexibility index (Phi) is 5.03. The third kappa shape index (κ3) is 3.87. The van der Waals surface area contributed by atoms with Crippen LogP contribution in [0.4, 0.5) is 0 Å². The van der Waals surface area contributed by atoms with E-state index >= 15 is 0 Å². The zero-order valence-corrected chi connectivity index (χ0v) is 12.3. The molecule has 0 aliphatic carbocycles. The summed E-state index contributed by atoms with van der Waals surface area (Å²) in [5.74, 6) is 0.700. The Morgan fingerprint density at radius 3 is 2.19 bits per heavy atom. The molecule has 0 spiro atoms. The number of benzene rings is 1. The Bertz CT molecular complexity index is 502. The Hall–Kier alpha value is -2.24. The average Bonchev–Trinajstić information content (AvgIpc) is 3.06. The number of carbonyl (C=O) groups is 2. The lowest BCUT2D eigenvalue weighted by atomic mass is 10.2. The van der Waals surface area contributed by atoms with E-state index < -0.39 is 0 Å². The van der Waals surface area contributed by atoms with Crippen molar-refractivity contribution in [3.8, 4) is 11.5 Å². The minimum absolute atomic E-state index is 0.0123. The number of nitrogens with zero attached hydrogens (tertiary/aromatic N) is 1. The molecule has 1 N–H and O–H groups in total. The van der Waals surface area contributed by atoms with Crippen LogP contribution in [0.2, 0.25) is 0 Å². The van der Waals surface area contributed by atoms with Crippen LogP contribution in [0.15, 0.2) is 18.2 Å². The second kappa shape index (κ2) is 6.97. The van der Waals surface area contributed by atoms with Crippen LogP contribution in [0.25, 0.3) is 0 Å². The Labute approximate surface area is 124 Å². The highest BCUT2D eigenvalue weighted by atomic mass is 16.5. The van der Waals surface area contributed by atoms with Crippen molar-refractivity contribution in [1.82, 2.24) is 10.2 Å². The van der Waals surface area contributed by atoms with E-state index in [1.165, 1.54) is 14.2 Å². The Morgan fingerprint density at radius 2 is 1.67 bits per heavy atom. The fraction of sp³-hybridized carbons (Fsp3) is 0.467. The van der Waals surface area contributed by atoms with E-state index in [0.717, 1.165) is 25.9 Å². The molecular formula is C15H20N2O4. The monoisotopic (exact) mass is 292 g/mol. The molecule has 0 atom stereocenters. The molecule has 6 heteroatoms. The first-order valence-electron chi connectivity index (χ1n) is 6.93. The van der Waals surface area contributed by atoms with Gasteiger partial charge in [0.2, 0.25) is 5.91 Å². The first-order chi connectivity index (χ1) is 10.1. The second-order valence-corrected chi connectivity index (χ2v) is 4.87. The molecule has 1 aliphatic rings. The van der Waals surface area contributed by atoms with Gasteiger partial charge in [-0.2, -0.15) is 0 Å². The molecule has 2 amide bonds. The summed E-state index contributed by atoms with van der Waals surface area (Å²) in [4.78, 5) is 25.8. The summed E-state index contributed by atoms with van der Waals surface area (Å²) in [6.45, 7) is 1.57. The normalized spacial score (nSPS) is 13.9. The van der Waals surface area contributed by atoms with Gasteiger partial charge in [0.1, 0.15) is 11.5 Å². The third-order valence-electron chi connectivity index (χ3n) is 3.47. The van der Waals surface area contributed by atoms with Gasteiger partial charge in [-0.05, 0) is 25.0 Å². The third-order valence-corrected chi connectivity index (χ3v) is 3.47. The number of likely N-dealkylation sites (tertiary alicyclic amines) is 1. The summed E-state index contributed by atoms with van der Waals surface area (Å²) in [5.41, 5.74) is 0.403. The van der Waals surface area contributed by atoms with Crippen molar-refractivity contribution in [3.63, 3.8) is 0 Å². The molecule has 1 aromatic carbocycles. The highest BCUT2D eigenvalue weighted by molar-refractivity contribution is 5.97. The van der Waals surface area contributed by atoms with Crippen molar-refractivity contribution in [1.29, 1.82) is 0 Å². The van der Waals surface area contributed by atoms with Crippen molar-refractivity contribution in [3.05, 3.63) is 23.8 Å². The van der Waals surface area contributed by atoms with Gasteiger partial charge in [-0.25, -0.2) is 0 Å². The number of nitrogens with one attached hydrogen (secondary N) is 1. The number of hydrogen-bond donors (Lipinski definition) is 1. The molecule has 1 aliphatic heterocycles. The first kappa shape index (κ1) is 15.2. The fourth-order valence-electron chi connectivity index (χ4n) is 2.27. The van der Waals surface area contributed by atoms with E-state index in [2.05, 4.69) is 5.32 Å². The summed E-state index contributed by atoms with van der Waals surface area (Å²) >= 11 is 0. The maximum atomic E-state index is 12.1. The van der Waals surface area contributed by atoms with Gasteiger partial charge in [-0.3, -0.25) is 9.59 Å². The lowest BCUT2D eigenvalue weighted by molar-refractivity contribution is -0.129. The minimum Gasteiger partial charge on any atom is -0.497 e. The van der Waals surface area contributed by atoms with Gasteiger partial charge in [0.25, 0.3) is 5.91 Å². The highest BCUT2D eigenvalue weighted by Gasteiger charge is 2.18. The molecular weight excluding hydrogens is 272 g/mol. The van der Waals surface area contributed by atoms with Crippen LogP contribution in [-0.2, 0) is 4.79 Å². The molecule has 0 aromatic heterocycles. The van der Waals surface area contributed by atoms with Crippen LogP contribution in [0.3, 0.4) is 0 Å². The molecule has 21 heavy (non-hydrogen) atoms. The number of carbonyl (C=O) groups excluding carboxylic acids is 2. The fourth-order valence-corrected chi connectivity index (χ4v) is 2.27. The molecule has 2 rings (SSSR count). The van der Waals surface area contributed by atoms with E-state index in [4.69, 9.17) is 9.47 Å². The standard InChI is InChI=1S/C15H20N2O4/c1-20-12-7-11(8-13(9-12)21-2)15(19)16-10-14(18)17-5-3-4-6-17/h7-9H,3-6,10H2,1-2H3,(H,16,19). The van der Waals surface area contributed by atoms with Gasteiger partial charge in [0.05, 0.1) is 20.8 Å². The van der Waals surface area contributed by atoms with Crippen LogP contribution in [0.1, 0.15) is 23.2 Å². The SMILES string of the molecule is COc1cc(OC)cc(C(=O)NCC(=O)N2CCCC2)c1. The van der Waals surface area contributed by atoms with Crippen LogP contribution in [0, 0.1) is 0 Å². The predicted octanol–water partition coefficient (Wildman–Crippen LogP) is 1.06. The molecule has 114 valence electrons. The molecule has 6 nitrogen and oxygen atoms in total. The van der Waals surface area contributed by atoms with Gasteiger partial charge in [0.15, 0.2) is 0 Å². The smallest absolute Gasteiger partial charge is 0.251 e. The van der Waals surface area contributed by atoms with Crippen molar-refractivity contribution in [2.75, 3.05) is 33.9 Å². The lowest BCUT2D eigenvalue weighted by Crippen LogP contribution is -2.38. The predicted molar refractivity (Wildman–Crippen MR) is 77.7 cm³/mol. The van der Waals surface area contributed by atoms with Crippen molar-refractivity contribution >= 4 is 11.8 Å². The van der Waals surface area contributed by atoms with Crippen molar-refractivity contribution in [2.24, 2.45) is 0 Å². The number of ether oxygens (including phenoxy) is 2. The highest BCUT2D eigenvalue weighted by Crippen LogP contribution is 2.22. The summed E-state index contributed by atoms with van der Waals surface area (Å²) < 4.78 is 10.2. The first-order valence-corrected chi connectivity index (χ1v) is 6.93. The number of methoxy groups -OCH3 is 2. The molecule has 0 saturated carbocycles. The van der Waals surface area contributed by atoms with E-state index in [0.29, 0.717) is 17.1 Å². The largest absolute Gasteiger partial charge is 0.497 e. The summed E-state index contributed by atoms with van der Waals surface area (Å²) in [7, 11) is 3.04.